The van der Waals surface area contributed by atoms with Crippen LogP contribution in [0.1, 0.15) is 22.8 Å². The highest BCUT2D eigenvalue weighted by atomic mass is 35.5. The van der Waals surface area contributed by atoms with Crippen LogP contribution in [0.2, 0.25) is 5.02 Å². The fourth-order valence-electron chi connectivity index (χ4n) is 2.59. The summed E-state index contributed by atoms with van der Waals surface area (Å²) in [7, 11) is 0. The van der Waals surface area contributed by atoms with Crippen LogP contribution in [-0.2, 0) is 6.54 Å². The van der Waals surface area contributed by atoms with Crippen molar-refractivity contribution in [3.05, 3.63) is 70.9 Å². The Balaban J connectivity index is 1.69. The van der Waals surface area contributed by atoms with Crippen LogP contribution in [0.15, 0.2) is 54.7 Å². The van der Waals surface area contributed by atoms with E-state index in [2.05, 4.69) is 15.2 Å². The molecule has 3 rings (SSSR count). The molecule has 1 heterocycles. The molecule has 0 aliphatic rings. The third-order valence-corrected chi connectivity index (χ3v) is 4.11. The van der Waals surface area contributed by atoms with Gasteiger partial charge in [0.05, 0.1) is 13.2 Å². The maximum atomic E-state index is 12.5. The molecular weight excluding hydrogens is 404 g/mol. The van der Waals surface area contributed by atoms with E-state index in [4.69, 9.17) is 16.3 Å². The van der Waals surface area contributed by atoms with Gasteiger partial charge >= 0.3 is 6.61 Å². The molecule has 0 fully saturated rings. The van der Waals surface area contributed by atoms with E-state index in [1.54, 1.807) is 36.0 Å². The lowest BCUT2D eigenvalue weighted by molar-refractivity contribution is -0.0514. The first kappa shape index (κ1) is 20.6. The average Bonchev–Trinajstić information content (AvgIpc) is 3.11. The fraction of sp³-hybridized carbons (Fsp3) is 0.200. The summed E-state index contributed by atoms with van der Waals surface area (Å²) in [5.74, 6) is -0.166. The van der Waals surface area contributed by atoms with Crippen molar-refractivity contribution in [1.82, 2.24) is 9.78 Å². The summed E-state index contributed by atoms with van der Waals surface area (Å²) in [6.45, 7) is -0.536. The van der Waals surface area contributed by atoms with Gasteiger partial charge in [-0.05, 0) is 42.8 Å². The van der Waals surface area contributed by atoms with Crippen LogP contribution in [0.3, 0.4) is 0 Å². The summed E-state index contributed by atoms with van der Waals surface area (Å²) >= 11 is 5.88. The lowest BCUT2D eigenvalue weighted by Crippen LogP contribution is -2.13. The first-order valence-electron chi connectivity index (χ1n) is 8.75. The normalized spacial score (nSPS) is 10.8. The van der Waals surface area contributed by atoms with Gasteiger partial charge in [0.25, 0.3) is 5.91 Å². The number of nitrogens with one attached hydrogen (secondary N) is 1. The van der Waals surface area contributed by atoms with Crippen molar-refractivity contribution in [2.75, 3.05) is 11.9 Å². The standard InChI is InChI=1S/C20H18ClF2N3O3/c1-2-28-17-11-14(5-8-16(17)29-20(22)23)19(27)24-18-9-10-26(25-18)12-13-3-6-15(21)7-4-13/h3-11,20H,2,12H2,1H3,(H,24,25,27). The first-order valence-corrected chi connectivity index (χ1v) is 9.13. The van der Waals surface area contributed by atoms with E-state index in [1.807, 2.05) is 12.1 Å². The van der Waals surface area contributed by atoms with E-state index in [-0.39, 0.29) is 23.7 Å². The molecule has 0 spiro atoms. The number of carbonyl (C=O) groups excluding carboxylic acids is 1. The maximum Gasteiger partial charge on any atom is 0.387 e. The first-order chi connectivity index (χ1) is 13.9. The SMILES string of the molecule is CCOc1cc(C(=O)Nc2ccn(Cc3ccc(Cl)cc3)n2)ccc1OC(F)F. The average molecular weight is 422 g/mol. The van der Waals surface area contributed by atoms with Crippen LogP contribution in [0.5, 0.6) is 11.5 Å². The van der Waals surface area contributed by atoms with Gasteiger partial charge in [0.1, 0.15) is 0 Å². The molecule has 3 aromatic rings. The predicted molar refractivity (Wildman–Crippen MR) is 105 cm³/mol. The molecule has 2 aromatic carbocycles. The van der Waals surface area contributed by atoms with Crippen LogP contribution in [-0.4, -0.2) is 28.9 Å². The highest BCUT2D eigenvalue weighted by Gasteiger charge is 2.15. The molecule has 1 amide bonds. The number of carbonyl (C=O) groups is 1. The molecule has 9 heteroatoms. The number of ether oxygens (including phenoxy) is 2. The van der Waals surface area contributed by atoms with Crippen LogP contribution in [0.25, 0.3) is 0 Å². The molecule has 152 valence electrons. The Kier molecular flexibility index (Phi) is 6.66. The molecule has 1 N–H and O–H groups in total. The van der Waals surface area contributed by atoms with Crippen molar-refractivity contribution in [2.24, 2.45) is 0 Å². The van der Waals surface area contributed by atoms with E-state index < -0.39 is 12.5 Å². The summed E-state index contributed by atoms with van der Waals surface area (Å²) in [5.41, 5.74) is 1.23. The van der Waals surface area contributed by atoms with Gasteiger partial charge in [0.2, 0.25) is 0 Å². The van der Waals surface area contributed by atoms with Crippen molar-refractivity contribution < 1.29 is 23.0 Å². The molecule has 1 aromatic heterocycles. The summed E-state index contributed by atoms with van der Waals surface area (Å²) < 4.78 is 36.3. The molecule has 0 saturated heterocycles. The van der Waals surface area contributed by atoms with Crippen molar-refractivity contribution in [3.8, 4) is 11.5 Å². The van der Waals surface area contributed by atoms with Crippen LogP contribution < -0.4 is 14.8 Å². The molecule has 0 saturated carbocycles. The Morgan fingerprint density at radius 2 is 1.93 bits per heavy atom. The Morgan fingerprint density at radius 1 is 1.17 bits per heavy atom. The summed E-state index contributed by atoms with van der Waals surface area (Å²) in [5, 5.41) is 7.62. The van der Waals surface area contributed by atoms with Crippen LogP contribution >= 0.6 is 11.6 Å². The second kappa shape index (κ2) is 9.38. The summed E-state index contributed by atoms with van der Waals surface area (Å²) in [4.78, 5) is 12.5. The van der Waals surface area contributed by atoms with Gasteiger partial charge in [0.15, 0.2) is 17.3 Å². The monoisotopic (exact) mass is 421 g/mol. The molecule has 6 nitrogen and oxygen atoms in total. The van der Waals surface area contributed by atoms with Crippen LogP contribution in [0.4, 0.5) is 14.6 Å². The smallest absolute Gasteiger partial charge is 0.387 e. The van der Waals surface area contributed by atoms with E-state index in [1.165, 1.54) is 18.2 Å². The van der Waals surface area contributed by atoms with Crippen molar-refractivity contribution in [1.29, 1.82) is 0 Å². The van der Waals surface area contributed by atoms with Gasteiger partial charge in [-0.3, -0.25) is 9.48 Å². The number of hydrogen-bond donors (Lipinski definition) is 1. The van der Waals surface area contributed by atoms with E-state index in [9.17, 15) is 13.6 Å². The van der Waals surface area contributed by atoms with Gasteiger partial charge in [-0.15, -0.1) is 0 Å². The minimum absolute atomic E-state index is 0.0636. The minimum atomic E-state index is -2.99. The number of hydrogen-bond acceptors (Lipinski definition) is 4. The van der Waals surface area contributed by atoms with Gasteiger partial charge in [0, 0.05) is 22.8 Å². The summed E-state index contributed by atoms with van der Waals surface area (Å²) in [6.07, 6.45) is 1.73. The predicted octanol–water partition coefficient (Wildman–Crippen LogP) is 4.84. The van der Waals surface area contributed by atoms with E-state index in [0.29, 0.717) is 17.4 Å². The molecule has 0 aliphatic heterocycles. The second-order valence-corrected chi connectivity index (χ2v) is 6.39. The molecule has 0 atom stereocenters. The maximum absolute atomic E-state index is 12.5. The molecular formula is C20H18ClF2N3O3. The number of alkyl halides is 2. The van der Waals surface area contributed by atoms with Gasteiger partial charge in [-0.25, -0.2) is 0 Å². The Bertz CT molecular complexity index is 977. The molecule has 29 heavy (non-hydrogen) atoms. The van der Waals surface area contributed by atoms with Crippen molar-refractivity contribution in [2.45, 2.75) is 20.1 Å². The Morgan fingerprint density at radius 3 is 2.62 bits per heavy atom. The molecule has 0 radical (unpaired) electrons. The number of nitrogens with zero attached hydrogens (tertiary/aromatic N) is 2. The summed E-state index contributed by atoms with van der Waals surface area (Å²) in [6, 6.07) is 13.0. The topological polar surface area (TPSA) is 65.4 Å². The van der Waals surface area contributed by atoms with Crippen molar-refractivity contribution >= 4 is 23.3 Å². The highest BCUT2D eigenvalue weighted by Crippen LogP contribution is 2.30. The third-order valence-electron chi connectivity index (χ3n) is 3.86. The van der Waals surface area contributed by atoms with E-state index >= 15 is 0 Å². The van der Waals surface area contributed by atoms with Crippen LogP contribution in [0, 0.1) is 0 Å². The third kappa shape index (κ3) is 5.68. The Labute approximate surface area is 171 Å². The zero-order chi connectivity index (χ0) is 20.8. The molecule has 0 aliphatic carbocycles. The quantitative estimate of drug-likeness (QED) is 0.565. The number of halogens is 3. The fourth-order valence-corrected chi connectivity index (χ4v) is 2.72. The highest BCUT2D eigenvalue weighted by molar-refractivity contribution is 6.30. The van der Waals surface area contributed by atoms with Gasteiger partial charge in [-0.2, -0.15) is 13.9 Å². The zero-order valence-electron chi connectivity index (χ0n) is 15.4. The van der Waals surface area contributed by atoms with E-state index in [0.717, 1.165) is 5.56 Å². The van der Waals surface area contributed by atoms with Crippen molar-refractivity contribution in [3.63, 3.8) is 0 Å². The number of benzene rings is 2. The number of rotatable bonds is 8. The molecule has 0 bridgehead atoms. The Hall–Kier alpha value is -3.13. The largest absolute Gasteiger partial charge is 0.490 e. The van der Waals surface area contributed by atoms with Gasteiger partial charge < -0.3 is 14.8 Å². The number of anilines is 1. The molecule has 0 unspecified atom stereocenters. The number of amides is 1. The lowest BCUT2D eigenvalue weighted by Gasteiger charge is -2.12. The van der Waals surface area contributed by atoms with Gasteiger partial charge in [-0.1, -0.05) is 23.7 Å². The lowest BCUT2D eigenvalue weighted by atomic mass is 10.2. The second-order valence-electron chi connectivity index (χ2n) is 5.95. The number of aromatic nitrogens is 2. The zero-order valence-corrected chi connectivity index (χ0v) is 16.2. The minimum Gasteiger partial charge on any atom is -0.490 e.